The first-order valence-electron chi connectivity index (χ1n) is 7.60. The third-order valence-corrected chi connectivity index (χ3v) is 3.67. The van der Waals surface area contributed by atoms with E-state index in [-0.39, 0.29) is 11.6 Å². The van der Waals surface area contributed by atoms with Crippen LogP contribution in [0.4, 0.5) is 5.69 Å². The van der Waals surface area contributed by atoms with Gasteiger partial charge in [0.25, 0.3) is 0 Å². The van der Waals surface area contributed by atoms with Crippen LogP contribution in [0, 0.1) is 0 Å². The molecular weight excluding hydrogens is 266 g/mol. The van der Waals surface area contributed by atoms with Crippen LogP contribution in [0.15, 0.2) is 17.8 Å². The molecular formula is C16H23N3O2. The van der Waals surface area contributed by atoms with E-state index in [2.05, 4.69) is 21.4 Å². The molecule has 1 aliphatic carbocycles. The number of aromatic nitrogens is 2. The van der Waals surface area contributed by atoms with Crippen LogP contribution in [-0.4, -0.2) is 27.6 Å². The zero-order valence-electron chi connectivity index (χ0n) is 12.7. The van der Waals surface area contributed by atoms with Crippen molar-refractivity contribution in [2.75, 3.05) is 11.9 Å². The molecule has 0 saturated heterocycles. The molecule has 1 aliphatic rings. The van der Waals surface area contributed by atoms with Gasteiger partial charge >= 0.3 is 5.97 Å². The SMILES string of the molecule is CC(C)c1ncc(NCCC2=CCCCC2)c(C(=O)O)n1. The Balaban J connectivity index is 2.01. The molecule has 0 bridgehead atoms. The molecule has 1 heterocycles. The second-order valence-electron chi connectivity index (χ2n) is 5.74. The van der Waals surface area contributed by atoms with Crippen LogP contribution in [0.1, 0.15) is 68.2 Å². The maximum absolute atomic E-state index is 11.3. The van der Waals surface area contributed by atoms with E-state index >= 15 is 0 Å². The Morgan fingerprint density at radius 2 is 2.24 bits per heavy atom. The molecule has 1 aromatic rings. The van der Waals surface area contributed by atoms with Crippen molar-refractivity contribution in [3.63, 3.8) is 0 Å². The van der Waals surface area contributed by atoms with Crippen LogP contribution < -0.4 is 5.32 Å². The molecule has 0 saturated carbocycles. The second kappa shape index (κ2) is 7.20. The molecule has 5 heteroatoms. The quantitative estimate of drug-likeness (QED) is 0.783. The molecule has 0 atom stereocenters. The van der Waals surface area contributed by atoms with E-state index < -0.39 is 5.97 Å². The summed E-state index contributed by atoms with van der Waals surface area (Å²) >= 11 is 0. The number of rotatable bonds is 6. The number of aromatic carboxylic acids is 1. The van der Waals surface area contributed by atoms with E-state index in [1.807, 2.05) is 13.8 Å². The smallest absolute Gasteiger partial charge is 0.356 e. The molecule has 0 aromatic carbocycles. The lowest BCUT2D eigenvalue weighted by atomic mass is 9.97. The summed E-state index contributed by atoms with van der Waals surface area (Å²) in [6.07, 6.45) is 9.72. The minimum Gasteiger partial charge on any atom is -0.476 e. The van der Waals surface area contributed by atoms with Gasteiger partial charge in [-0.2, -0.15) is 0 Å². The van der Waals surface area contributed by atoms with Crippen LogP contribution in [-0.2, 0) is 0 Å². The van der Waals surface area contributed by atoms with Gasteiger partial charge in [0.05, 0.1) is 11.9 Å². The van der Waals surface area contributed by atoms with Crippen LogP contribution >= 0.6 is 0 Å². The number of carboxylic acid groups (broad SMARTS) is 1. The van der Waals surface area contributed by atoms with Gasteiger partial charge in [-0.1, -0.05) is 25.5 Å². The number of allylic oxidation sites excluding steroid dienone is 1. The van der Waals surface area contributed by atoms with Gasteiger partial charge in [0.2, 0.25) is 0 Å². The van der Waals surface area contributed by atoms with Crippen LogP contribution in [0.3, 0.4) is 0 Å². The number of nitrogens with zero attached hydrogens (tertiary/aromatic N) is 2. The molecule has 0 amide bonds. The summed E-state index contributed by atoms with van der Waals surface area (Å²) in [5.41, 5.74) is 2.03. The topological polar surface area (TPSA) is 75.1 Å². The monoisotopic (exact) mass is 289 g/mol. The average Bonchev–Trinajstić information content (AvgIpc) is 2.48. The van der Waals surface area contributed by atoms with Gasteiger partial charge in [-0.25, -0.2) is 14.8 Å². The summed E-state index contributed by atoms with van der Waals surface area (Å²) in [6, 6.07) is 0. The maximum atomic E-state index is 11.3. The largest absolute Gasteiger partial charge is 0.476 e. The van der Waals surface area contributed by atoms with Crippen molar-refractivity contribution in [3.05, 3.63) is 29.4 Å². The summed E-state index contributed by atoms with van der Waals surface area (Å²) in [4.78, 5) is 19.7. The first-order valence-corrected chi connectivity index (χ1v) is 7.60. The molecule has 2 rings (SSSR count). The van der Waals surface area contributed by atoms with Crippen molar-refractivity contribution in [2.45, 2.75) is 51.9 Å². The Labute approximate surface area is 125 Å². The Morgan fingerprint density at radius 1 is 1.43 bits per heavy atom. The van der Waals surface area contributed by atoms with Crippen molar-refractivity contribution >= 4 is 11.7 Å². The lowest BCUT2D eigenvalue weighted by Crippen LogP contribution is -2.13. The maximum Gasteiger partial charge on any atom is 0.356 e. The van der Waals surface area contributed by atoms with Crippen LogP contribution in [0.5, 0.6) is 0 Å². The number of carboxylic acids is 1. The first-order chi connectivity index (χ1) is 10.1. The molecule has 0 aliphatic heterocycles. The molecule has 114 valence electrons. The molecule has 0 radical (unpaired) electrons. The lowest BCUT2D eigenvalue weighted by Gasteiger charge is -2.14. The van der Waals surface area contributed by atoms with Crippen LogP contribution in [0.25, 0.3) is 0 Å². The third kappa shape index (κ3) is 4.28. The second-order valence-corrected chi connectivity index (χ2v) is 5.74. The van der Waals surface area contributed by atoms with Gasteiger partial charge in [-0.15, -0.1) is 0 Å². The average molecular weight is 289 g/mol. The van der Waals surface area contributed by atoms with Gasteiger partial charge < -0.3 is 10.4 Å². The number of hydrogen-bond acceptors (Lipinski definition) is 4. The molecule has 1 aromatic heterocycles. The standard InChI is InChI=1S/C16H23N3O2/c1-11(2)15-18-10-13(14(19-15)16(20)21)17-9-8-12-6-4-3-5-7-12/h6,10-11,17H,3-5,7-9H2,1-2H3,(H,20,21). The van der Waals surface area contributed by atoms with Gasteiger partial charge in [-0.05, 0) is 32.1 Å². The van der Waals surface area contributed by atoms with Gasteiger partial charge in [-0.3, -0.25) is 0 Å². The Hall–Kier alpha value is -1.91. The highest BCUT2D eigenvalue weighted by atomic mass is 16.4. The van der Waals surface area contributed by atoms with Gasteiger partial charge in [0.15, 0.2) is 5.69 Å². The predicted molar refractivity (Wildman–Crippen MR) is 82.7 cm³/mol. The third-order valence-electron chi connectivity index (χ3n) is 3.67. The van der Waals surface area contributed by atoms with Crippen molar-refractivity contribution in [1.29, 1.82) is 0 Å². The molecule has 2 N–H and O–H groups in total. The summed E-state index contributed by atoms with van der Waals surface area (Å²) in [7, 11) is 0. The molecule has 21 heavy (non-hydrogen) atoms. The van der Waals surface area contributed by atoms with Crippen molar-refractivity contribution in [3.8, 4) is 0 Å². The molecule has 5 nitrogen and oxygen atoms in total. The summed E-state index contributed by atoms with van der Waals surface area (Å²) in [5.74, 6) is -0.337. The molecule has 0 spiro atoms. The van der Waals surface area contributed by atoms with E-state index in [1.165, 1.54) is 24.8 Å². The normalized spacial score (nSPS) is 14.9. The number of hydrogen-bond donors (Lipinski definition) is 2. The lowest BCUT2D eigenvalue weighted by molar-refractivity contribution is 0.0691. The Kier molecular flexibility index (Phi) is 5.31. The summed E-state index contributed by atoms with van der Waals surface area (Å²) in [6.45, 7) is 4.61. The first kappa shape index (κ1) is 15.5. The summed E-state index contributed by atoms with van der Waals surface area (Å²) < 4.78 is 0. The predicted octanol–water partition coefficient (Wildman–Crippen LogP) is 3.60. The zero-order valence-corrected chi connectivity index (χ0v) is 12.7. The zero-order chi connectivity index (χ0) is 15.2. The van der Waals surface area contributed by atoms with E-state index in [0.717, 1.165) is 19.4 Å². The molecule has 0 fully saturated rings. The van der Waals surface area contributed by atoms with E-state index in [1.54, 1.807) is 6.20 Å². The minimum absolute atomic E-state index is 0.0614. The fraction of sp³-hybridized carbons (Fsp3) is 0.562. The van der Waals surface area contributed by atoms with E-state index in [0.29, 0.717) is 11.5 Å². The van der Waals surface area contributed by atoms with Crippen molar-refractivity contribution in [2.24, 2.45) is 0 Å². The highest BCUT2D eigenvalue weighted by molar-refractivity contribution is 5.91. The van der Waals surface area contributed by atoms with Gasteiger partial charge in [0, 0.05) is 12.5 Å². The minimum atomic E-state index is -1.02. The Morgan fingerprint density at radius 3 is 2.86 bits per heavy atom. The highest BCUT2D eigenvalue weighted by Gasteiger charge is 2.15. The fourth-order valence-electron chi connectivity index (χ4n) is 2.46. The fourth-order valence-corrected chi connectivity index (χ4v) is 2.46. The van der Waals surface area contributed by atoms with Crippen LogP contribution in [0.2, 0.25) is 0 Å². The number of anilines is 1. The van der Waals surface area contributed by atoms with E-state index in [4.69, 9.17) is 0 Å². The Bertz CT molecular complexity index is 538. The number of carbonyl (C=O) groups is 1. The number of nitrogens with one attached hydrogen (secondary N) is 1. The highest BCUT2D eigenvalue weighted by Crippen LogP contribution is 2.21. The van der Waals surface area contributed by atoms with Crippen molar-refractivity contribution < 1.29 is 9.90 Å². The van der Waals surface area contributed by atoms with E-state index in [9.17, 15) is 9.90 Å². The summed E-state index contributed by atoms with van der Waals surface area (Å²) in [5, 5.41) is 12.4. The van der Waals surface area contributed by atoms with Gasteiger partial charge in [0.1, 0.15) is 5.82 Å². The van der Waals surface area contributed by atoms with Crippen molar-refractivity contribution in [1.82, 2.24) is 9.97 Å². The molecule has 0 unspecified atom stereocenters.